The van der Waals surface area contributed by atoms with Crippen molar-refractivity contribution in [1.82, 2.24) is 13.9 Å². The molecule has 4 rings (SSSR count). The summed E-state index contributed by atoms with van der Waals surface area (Å²) in [6.45, 7) is 0.601. The van der Waals surface area contributed by atoms with Crippen LogP contribution in [0, 0.1) is 21.1 Å². The Morgan fingerprint density at radius 2 is 2.03 bits per heavy atom. The third-order valence-electron chi connectivity index (χ3n) is 6.03. The summed E-state index contributed by atoms with van der Waals surface area (Å²) in [4.78, 5) is 16.3. The quantitative estimate of drug-likeness (QED) is 0.384. The molecule has 3 aromatic rings. The highest BCUT2D eigenvalue weighted by molar-refractivity contribution is 14.1. The number of carbonyl (C=O) groups excluding carboxylic acids is 1. The van der Waals surface area contributed by atoms with Gasteiger partial charge in [-0.15, -0.1) is 0 Å². The van der Waals surface area contributed by atoms with Gasteiger partial charge in [-0.3, -0.25) is 4.79 Å². The molecule has 1 aliphatic heterocycles. The number of nitrogens with two attached hydrogens (primary N) is 1. The predicted molar refractivity (Wildman–Crippen MR) is 137 cm³/mol. The number of aryl methyl sites for hydroxylation is 1. The zero-order valence-corrected chi connectivity index (χ0v) is 22.4. The Hall–Kier alpha value is -2.58. The molecule has 8 nitrogen and oxygen atoms in total. The molecule has 2 heterocycles. The summed E-state index contributed by atoms with van der Waals surface area (Å²) < 4.78 is 64.3. The highest BCUT2D eigenvalue weighted by Crippen LogP contribution is 2.29. The molecule has 192 valence electrons. The van der Waals surface area contributed by atoms with Crippen molar-refractivity contribution in [2.45, 2.75) is 24.3 Å². The predicted octanol–water partition coefficient (Wildman–Crippen LogP) is 3.47. The number of hydrogen-bond acceptors (Lipinski definition) is 5. The number of carbonyl (C=O) groups is 1. The first-order valence-corrected chi connectivity index (χ1v) is 13.7. The number of benzene rings is 2. The molecule has 12 heteroatoms. The highest BCUT2D eigenvalue weighted by atomic mass is 127. The van der Waals surface area contributed by atoms with Crippen molar-refractivity contribution in [2.24, 2.45) is 18.7 Å². The average Bonchev–Trinajstić information content (AvgIpc) is 3.26. The van der Waals surface area contributed by atoms with E-state index < -0.39 is 27.6 Å². The van der Waals surface area contributed by atoms with Gasteiger partial charge in [-0.25, -0.2) is 22.2 Å². The van der Waals surface area contributed by atoms with Crippen LogP contribution in [0.3, 0.4) is 0 Å². The van der Waals surface area contributed by atoms with Gasteiger partial charge in [-0.05, 0) is 64.8 Å². The van der Waals surface area contributed by atoms with Gasteiger partial charge in [0.05, 0.1) is 18.5 Å². The van der Waals surface area contributed by atoms with Crippen LogP contribution in [0.2, 0.25) is 0 Å². The second kappa shape index (κ2) is 10.8. The van der Waals surface area contributed by atoms with Gasteiger partial charge in [0.1, 0.15) is 17.4 Å². The van der Waals surface area contributed by atoms with Crippen LogP contribution in [0.4, 0.5) is 8.78 Å². The Morgan fingerprint density at radius 1 is 1.25 bits per heavy atom. The van der Waals surface area contributed by atoms with Gasteiger partial charge in [0.25, 0.3) is 15.9 Å². The summed E-state index contributed by atoms with van der Waals surface area (Å²) in [7, 11) is -2.07. The summed E-state index contributed by atoms with van der Waals surface area (Å²) in [6.07, 6.45) is 4.12. The number of imidazole rings is 1. The van der Waals surface area contributed by atoms with Crippen LogP contribution in [-0.4, -0.2) is 47.9 Å². The van der Waals surface area contributed by atoms with E-state index in [1.54, 1.807) is 23.7 Å². The zero-order valence-electron chi connectivity index (χ0n) is 19.5. The van der Waals surface area contributed by atoms with Crippen LogP contribution < -0.4 is 10.5 Å². The lowest BCUT2D eigenvalue weighted by atomic mass is 9.97. The third-order valence-corrected chi connectivity index (χ3v) is 8.45. The lowest BCUT2D eigenvalue weighted by Gasteiger charge is -2.31. The molecule has 1 unspecified atom stereocenters. The first kappa shape index (κ1) is 26.5. The second-order valence-corrected chi connectivity index (χ2v) is 11.9. The van der Waals surface area contributed by atoms with E-state index in [1.807, 2.05) is 22.6 Å². The van der Waals surface area contributed by atoms with Crippen LogP contribution in [-0.2, 0) is 23.5 Å². The third kappa shape index (κ3) is 5.86. The largest absolute Gasteiger partial charge is 0.492 e. The van der Waals surface area contributed by atoms with Gasteiger partial charge in [-0.1, -0.05) is 6.07 Å². The van der Waals surface area contributed by atoms with Crippen LogP contribution in [0.25, 0.3) is 0 Å². The molecular weight excluding hydrogens is 605 g/mol. The van der Waals surface area contributed by atoms with Crippen molar-refractivity contribution in [3.63, 3.8) is 0 Å². The van der Waals surface area contributed by atoms with Crippen molar-refractivity contribution in [3.05, 3.63) is 74.8 Å². The van der Waals surface area contributed by atoms with Crippen molar-refractivity contribution < 1.29 is 26.7 Å². The molecule has 0 spiro atoms. The molecule has 0 bridgehead atoms. The lowest BCUT2D eigenvalue weighted by Crippen LogP contribution is -2.41. The summed E-state index contributed by atoms with van der Waals surface area (Å²) in [5.74, 6) is -2.19. The summed E-state index contributed by atoms with van der Waals surface area (Å²) in [5, 5.41) is -0.0276. The Kier molecular flexibility index (Phi) is 7.95. The fourth-order valence-corrected chi connectivity index (χ4v) is 6.26. The molecule has 36 heavy (non-hydrogen) atoms. The van der Waals surface area contributed by atoms with E-state index in [-0.39, 0.29) is 53.0 Å². The van der Waals surface area contributed by atoms with Crippen molar-refractivity contribution >= 4 is 38.5 Å². The average molecular weight is 630 g/mol. The monoisotopic (exact) mass is 630 g/mol. The molecule has 1 saturated heterocycles. The van der Waals surface area contributed by atoms with Crippen molar-refractivity contribution in [3.8, 4) is 5.75 Å². The van der Waals surface area contributed by atoms with Crippen LogP contribution >= 0.6 is 22.6 Å². The Bertz CT molecular complexity index is 1400. The topological polar surface area (TPSA) is 108 Å². The molecule has 2 aromatic carbocycles. The van der Waals surface area contributed by atoms with Crippen molar-refractivity contribution in [2.75, 3.05) is 19.7 Å². The minimum absolute atomic E-state index is 0.0249. The van der Waals surface area contributed by atoms with E-state index in [2.05, 4.69) is 4.98 Å². The number of amides is 1. The molecular formula is C24H25F2IN4O4S. The van der Waals surface area contributed by atoms with E-state index in [0.29, 0.717) is 23.0 Å². The summed E-state index contributed by atoms with van der Waals surface area (Å²) >= 11 is 1.98. The molecule has 1 aromatic heterocycles. The van der Waals surface area contributed by atoms with Gasteiger partial charge < -0.3 is 15.0 Å². The van der Waals surface area contributed by atoms with Crippen molar-refractivity contribution in [1.29, 1.82) is 0 Å². The number of rotatable bonds is 8. The fourth-order valence-electron chi connectivity index (χ4n) is 4.28. The first-order valence-electron chi connectivity index (χ1n) is 11.2. The number of nitrogens with zero attached hydrogens (tertiary/aromatic N) is 3. The molecule has 1 atom stereocenters. The molecule has 1 aliphatic rings. The minimum atomic E-state index is -3.76. The fraction of sp³-hybridized carbons (Fsp3) is 0.333. The number of sulfonamides is 1. The Morgan fingerprint density at radius 3 is 2.69 bits per heavy atom. The van der Waals surface area contributed by atoms with E-state index in [0.717, 1.165) is 12.1 Å². The Balaban J connectivity index is 1.53. The van der Waals surface area contributed by atoms with Crippen LogP contribution in [0.5, 0.6) is 5.75 Å². The maximum absolute atomic E-state index is 14.5. The smallest absolute Gasteiger partial charge is 0.262 e. The summed E-state index contributed by atoms with van der Waals surface area (Å²) in [6, 6.07) is 6.86. The zero-order chi connectivity index (χ0) is 26.0. The second-order valence-electron chi connectivity index (χ2n) is 8.77. The number of aromatic nitrogens is 2. The van der Waals surface area contributed by atoms with Crippen LogP contribution in [0.15, 0.2) is 47.9 Å². The lowest BCUT2D eigenvalue weighted by molar-refractivity contribution is 0.0993. The molecule has 0 radical (unpaired) electrons. The maximum atomic E-state index is 14.5. The Labute approximate surface area is 221 Å². The molecule has 0 aliphatic carbocycles. The standard InChI is InChI=1S/C24H25F2IN4O4S/c1-30-12-22(29-14-30)36(33,34)31-6-2-3-15(11-31)13-35-21-9-18(25)8-17(23(21)24(28)32)7-16-4-5-19(27)10-20(16)26/h4-5,8-10,12,14-15H,2-3,6-7,11,13H2,1H3,(H2,28,32). The minimum Gasteiger partial charge on any atom is -0.492 e. The summed E-state index contributed by atoms with van der Waals surface area (Å²) in [5.41, 5.74) is 6.08. The normalized spacial score (nSPS) is 16.7. The van der Waals surface area contributed by atoms with E-state index in [9.17, 15) is 22.0 Å². The van der Waals surface area contributed by atoms with Gasteiger partial charge in [-0.2, -0.15) is 4.31 Å². The van der Waals surface area contributed by atoms with Gasteiger partial charge in [0.15, 0.2) is 5.03 Å². The van der Waals surface area contributed by atoms with E-state index in [4.69, 9.17) is 10.5 Å². The van der Waals surface area contributed by atoms with Gasteiger partial charge in [0, 0.05) is 48.3 Å². The van der Waals surface area contributed by atoms with Crippen LogP contribution in [0.1, 0.15) is 34.3 Å². The molecule has 2 N–H and O–H groups in total. The number of ether oxygens (including phenoxy) is 1. The number of halogens is 3. The number of hydrogen-bond donors (Lipinski definition) is 1. The molecule has 0 saturated carbocycles. The number of piperidine rings is 1. The highest BCUT2D eigenvalue weighted by Gasteiger charge is 2.32. The van der Waals surface area contributed by atoms with Gasteiger partial charge >= 0.3 is 0 Å². The molecule has 1 amide bonds. The SMILES string of the molecule is Cn1cnc(S(=O)(=O)N2CCCC(COc3cc(F)cc(Cc4ccc(I)cc4F)c3C(N)=O)C2)c1. The maximum Gasteiger partial charge on any atom is 0.262 e. The number of primary amides is 1. The van der Waals surface area contributed by atoms with E-state index in [1.165, 1.54) is 22.9 Å². The first-order chi connectivity index (χ1) is 17.0. The molecule has 1 fully saturated rings. The van der Waals surface area contributed by atoms with Gasteiger partial charge in [0.2, 0.25) is 0 Å². The van der Waals surface area contributed by atoms with E-state index >= 15 is 0 Å².